The van der Waals surface area contributed by atoms with Crippen molar-refractivity contribution >= 4 is 11.6 Å². The van der Waals surface area contributed by atoms with E-state index in [0.717, 1.165) is 0 Å². The van der Waals surface area contributed by atoms with E-state index in [-0.39, 0.29) is 17.4 Å². The van der Waals surface area contributed by atoms with E-state index in [0.29, 0.717) is 0 Å². The lowest BCUT2D eigenvalue weighted by Gasteiger charge is -2.47. The Balaban J connectivity index is 4.95. The Kier molecular flexibility index (Phi) is 3.26. The zero-order chi connectivity index (χ0) is 10.2. The molecule has 2 heteroatoms. The topological polar surface area (TPSA) is 20.2 Å². The molecule has 74 valence electrons. The maximum Gasteiger partial charge on any atom is 0.0772 e. The second-order valence-corrected chi connectivity index (χ2v) is 6.10. The summed E-state index contributed by atoms with van der Waals surface area (Å²) < 4.78 is 0. The number of aliphatic hydroxyl groups is 1. The van der Waals surface area contributed by atoms with Crippen molar-refractivity contribution in [2.24, 2.45) is 10.8 Å². The third-order valence-electron chi connectivity index (χ3n) is 2.60. The molecule has 0 spiro atoms. The van der Waals surface area contributed by atoms with Gasteiger partial charge in [-0.2, -0.15) is 0 Å². The van der Waals surface area contributed by atoms with Crippen molar-refractivity contribution in [3.05, 3.63) is 0 Å². The quantitative estimate of drug-likeness (QED) is 0.634. The van der Waals surface area contributed by atoms with Crippen molar-refractivity contribution in [2.45, 2.75) is 46.4 Å². The van der Waals surface area contributed by atoms with Crippen LogP contribution in [0.1, 0.15) is 41.5 Å². The number of rotatable bonds is 1. The number of aliphatic hydroxyl groups excluding tert-OH is 1. The first kappa shape index (κ1) is 12.2. The molecule has 0 saturated heterocycles. The predicted molar refractivity (Wildman–Crippen MR) is 54.6 cm³/mol. The van der Waals surface area contributed by atoms with E-state index in [9.17, 15) is 5.11 Å². The SMILES string of the molecule is CC(C)(C)C(Cl)(CO)C(C)(C)C. The first-order chi connectivity index (χ1) is 5.06. The Labute approximate surface area is 81.1 Å². The molecule has 0 atom stereocenters. The van der Waals surface area contributed by atoms with Gasteiger partial charge in [0.2, 0.25) is 0 Å². The molecule has 0 aromatic rings. The van der Waals surface area contributed by atoms with Crippen molar-refractivity contribution in [3.8, 4) is 0 Å². The number of alkyl halides is 1. The highest BCUT2D eigenvalue weighted by Crippen LogP contribution is 2.48. The van der Waals surface area contributed by atoms with Crippen molar-refractivity contribution in [3.63, 3.8) is 0 Å². The van der Waals surface area contributed by atoms with E-state index in [1.165, 1.54) is 0 Å². The van der Waals surface area contributed by atoms with Gasteiger partial charge in [-0.05, 0) is 10.8 Å². The zero-order valence-electron chi connectivity index (χ0n) is 9.03. The highest BCUT2D eigenvalue weighted by atomic mass is 35.5. The van der Waals surface area contributed by atoms with Crippen LogP contribution in [-0.2, 0) is 0 Å². The Morgan fingerprint density at radius 2 is 1.17 bits per heavy atom. The molecule has 12 heavy (non-hydrogen) atoms. The first-order valence-electron chi connectivity index (χ1n) is 4.36. The summed E-state index contributed by atoms with van der Waals surface area (Å²) in [4.78, 5) is -0.556. The summed E-state index contributed by atoms with van der Waals surface area (Å²) in [5.74, 6) is 0. The van der Waals surface area contributed by atoms with Gasteiger partial charge < -0.3 is 5.11 Å². The van der Waals surface area contributed by atoms with Gasteiger partial charge in [0.15, 0.2) is 0 Å². The Morgan fingerprint density at radius 3 is 1.17 bits per heavy atom. The van der Waals surface area contributed by atoms with Gasteiger partial charge in [0, 0.05) is 0 Å². The van der Waals surface area contributed by atoms with E-state index in [1.54, 1.807) is 0 Å². The summed E-state index contributed by atoms with van der Waals surface area (Å²) >= 11 is 6.43. The van der Waals surface area contributed by atoms with Crippen molar-refractivity contribution in [2.75, 3.05) is 6.61 Å². The number of halogens is 1. The second kappa shape index (κ2) is 3.19. The van der Waals surface area contributed by atoms with E-state index in [2.05, 4.69) is 41.5 Å². The molecule has 0 aromatic carbocycles. The molecule has 0 radical (unpaired) electrons. The molecule has 0 rings (SSSR count). The Morgan fingerprint density at radius 1 is 0.917 bits per heavy atom. The lowest BCUT2D eigenvalue weighted by molar-refractivity contribution is 0.0677. The van der Waals surface area contributed by atoms with Crippen LogP contribution in [0.2, 0.25) is 0 Å². The van der Waals surface area contributed by atoms with Crippen LogP contribution < -0.4 is 0 Å². The van der Waals surface area contributed by atoms with E-state index < -0.39 is 4.87 Å². The van der Waals surface area contributed by atoms with E-state index in [4.69, 9.17) is 11.6 Å². The molecular weight excluding hydrogens is 172 g/mol. The number of hydrogen-bond acceptors (Lipinski definition) is 1. The average molecular weight is 193 g/mol. The summed E-state index contributed by atoms with van der Waals surface area (Å²) in [5.41, 5.74) is -0.191. The molecule has 0 amide bonds. The van der Waals surface area contributed by atoms with E-state index >= 15 is 0 Å². The van der Waals surface area contributed by atoms with Gasteiger partial charge in [-0.3, -0.25) is 0 Å². The van der Waals surface area contributed by atoms with E-state index in [1.807, 2.05) is 0 Å². The third kappa shape index (κ3) is 1.94. The molecule has 0 unspecified atom stereocenters. The molecule has 0 saturated carbocycles. The highest BCUT2D eigenvalue weighted by Gasteiger charge is 2.48. The van der Waals surface area contributed by atoms with Crippen LogP contribution in [0.4, 0.5) is 0 Å². The zero-order valence-corrected chi connectivity index (χ0v) is 9.79. The predicted octanol–water partition coefficient (Wildman–Crippen LogP) is 3.05. The van der Waals surface area contributed by atoms with Crippen LogP contribution in [0, 0.1) is 10.8 Å². The van der Waals surface area contributed by atoms with Gasteiger partial charge in [0.25, 0.3) is 0 Å². The summed E-state index contributed by atoms with van der Waals surface area (Å²) in [7, 11) is 0. The summed E-state index contributed by atoms with van der Waals surface area (Å²) in [6, 6.07) is 0. The molecule has 0 aromatic heterocycles. The first-order valence-corrected chi connectivity index (χ1v) is 4.74. The normalized spacial score (nSPS) is 15.0. The minimum absolute atomic E-state index is 0.0154. The van der Waals surface area contributed by atoms with Crippen molar-refractivity contribution in [1.82, 2.24) is 0 Å². The molecule has 0 heterocycles. The van der Waals surface area contributed by atoms with Gasteiger partial charge in [0.05, 0.1) is 11.5 Å². The van der Waals surface area contributed by atoms with Gasteiger partial charge in [0.1, 0.15) is 0 Å². The minimum atomic E-state index is -0.556. The van der Waals surface area contributed by atoms with Gasteiger partial charge in [-0.1, -0.05) is 41.5 Å². The lowest BCUT2D eigenvalue weighted by Crippen LogP contribution is -2.51. The molecule has 1 N–H and O–H groups in total. The van der Waals surface area contributed by atoms with Crippen LogP contribution in [0.3, 0.4) is 0 Å². The van der Waals surface area contributed by atoms with Gasteiger partial charge in [-0.25, -0.2) is 0 Å². The molecule has 1 nitrogen and oxygen atoms in total. The second-order valence-electron chi connectivity index (χ2n) is 5.46. The average Bonchev–Trinajstić information content (AvgIpc) is 1.81. The standard InChI is InChI=1S/C10H21ClO/c1-8(2,3)10(11,7-12)9(4,5)6/h12H,7H2,1-6H3. The van der Waals surface area contributed by atoms with Crippen LogP contribution in [0.15, 0.2) is 0 Å². The molecule has 0 bridgehead atoms. The smallest absolute Gasteiger partial charge is 0.0772 e. The molecule has 0 aliphatic rings. The van der Waals surface area contributed by atoms with Crippen LogP contribution >= 0.6 is 11.6 Å². The van der Waals surface area contributed by atoms with Crippen LogP contribution in [0.25, 0.3) is 0 Å². The van der Waals surface area contributed by atoms with Crippen molar-refractivity contribution < 1.29 is 5.11 Å². The fourth-order valence-electron chi connectivity index (χ4n) is 1.60. The lowest BCUT2D eigenvalue weighted by atomic mass is 9.66. The van der Waals surface area contributed by atoms with Gasteiger partial charge in [-0.15, -0.1) is 11.6 Å². The molecular formula is C10H21ClO. The highest BCUT2D eigenvalue weighted by molar-refractivity contribution is 6.25. The van der Waals surface area contributed by atoms with Gasteiger partial charge >= 0.3 is 0 Å². The van der Waals surface area contributed by atoms with Crippen molar-refractivity contribution in [1.29, 1.82) is 0 Å². The fraction of sp³-hybridized carbons (Fsp3) is 1.00. The monoisotopic (exact) mass is 192 g/mol. The maximum absolute atomic E-state index is 9.32. The molecule has 0 aliphatic heterocycles. The summed E-state index contributed by atoms with van der Waals surface area (Å²) in [5, 5.41) is 9.32. The maximum atomic E-state index is 9.32. The van der Waals surface area contributed by atoms with Crippen LogP contribution in [0.5, 0.6) is 0 Å². The number of hydrogen-bond donors (Lipinski definition) is 1. The largest absolute Gasteiger partial charge is 0.395 e. The molecule has 0 aliphatic carbocycles. The fourth-order valence-corrected chi connectivity index (χ4v) is 1.60. The summed E-state index contributed by atoms with van der Waals surface area (Å²) in [6.07, 6.45) is 0. The Hall–Kier alpha value is 0.250. The molecule has 0 fully saturated rings. The summed E-state index contributed by atoms with van der Waals surface area (Å²) in [6.45, 7) is 12.4. The Bertz CT molecular complexity index is 136. The van der Waals surface area contributed by atoms with Crippen LogP contribution in [-0.4, -0.2) is 16.6 Å². The third-order valence-corrected chi connectivity index (χ3v) is 3.85. The minimum Gasteiger partial charge on any atom is -0.395 e.